The van der Waals surface area contributed by atoms with Crippen LogP contribution in [0.4, 0.5) is 5.69 Å². The van der Waals surface area contributed by atoms with Crippen LogP contribution in [0.5, 0.6) is 11.5 Å². The van der Waals surface area contributed by atoms with Gasteiger partial charge in [0.15, 0.2) is 11.5 Å². The molecule has 0 unspecified atom stereocenters. The minimum atomic E-state index is -0.947. The van der Waals surface area contributed by atoms with Crippen molar-refractivity contribution in [1.29, 1.82) is 0 Å². The van der Waals surface area contributed by atoms with Crippen molar-refractivity contribution in [1.82, 2.24) is 0 Å². The Bertz CT molecular complexity index is 501. The molecule has 0 atom stereocenters. The van der Waals surface area contributed by atoms with Crippen molar-refractivity contribution in [2.24, 2.45) is 0 Å². The summed E-state index contributed by atoms with van der Waals surface area (Å²) in [5.41, 5.74) is 0.593. The van der Waals surface area contributed by atoms with E-state index in [0.29, 0.717) is 30.4 Å². The third-order valence-corrected chi connectivity index (χ3v) is 2.77. The van der Waals surface area contributed by atoms with Gasteiger partial charge in [0.25, 0.3) is 0 Å². The molecular weight excluding hydrogens is 274 g/mol. The summed E-state index contributed by atoms with van der Waals surface area (Å²) < 4.78 is 11.0. The Morgan fingerprint density at radius 1 is 1.14 bits per heavy atom. The summed E-state index contributed by atoms with van der Waals surface area (Å²) in [5.74, 6) is -0.0247. The number of rotatable bonds is 8. The highest BCUT2D eigenvalue weighted by Gasteiger charge is 2.16. The van der Waals surface area contributed by atoms with Crippen molar-refractivity contribution in [2.75, 3.05) is 24.7 Å². The lowest BCUT2D eigenvalue weighted by molar-refractivity contribution is -0.136. The van der Waals surface area contributed by atoms with Crippen LogP contribution in [0.15, 0.2) is 18.2 Å². The fourth-order valence-corrected chi connectivity index (χ4v) is 1.88. The van der Waals surface area contributed by atoms with Gasteiger partial charge in [-0.2, -0.15) is 0 Å². The SMILES string of the molecule is CCOc1ccc(N(CCC(=O)O)C(C)=O)cc1OCC. The smallest absolute Gasteiger partial charge is 0.305 e. The zero-order chi connectivity index (χ0) is 15.8. The van der Waals surface area contributed by atoms with E-state index in [1.54, 1.807) is 18.2 Å². The highest BCUT2D eigenvalue weighted by atomic mass is 16.5. The molecule has 6 nitrogen and oxygen atoms in total. The van der Waals surface area contributed by atoms with Crippen molar-refractivity contribution in [2.45, 2.75) is 27.2 Å². The van der Waals surface area contributed by atoms with Crippen LogP contribution in [0.1, 0.15) is 27.2 Å². The van der Waals surface area contributed by atoms with E-state index in [0.717, 1.165) is 0 Å². The Hall–Kier alpha value is -2.24. The Labute approximate surface area is 124 Å². The molecule has 0 aliphatic rings. The molecule has 0 fully saturated rings. The molecular formula is C15H21NO5. The fourth-order valence-electron chi connectivity index (χ4n) is 1.88. The maximum Gasteiger partial charge on any atom is 0.305 e. The standard InChI is InChI=1S/C15H21NO5/c1-4-20-13-7-6-12(10-14(13)21-5-2)16(11(3)17)9-8-15(18)19/h6-7,10H,4-5,8-9H2,1-3H3,(H,18,19). The van der Waals surface area contributed by atoms with E-state index >= 15 is 0 Å². The zero-order valence-electron chi connectivity index (χ0n) is 12.6. The lowest BCUT2D eigenvalue weighted by Crippen LogP contribution is -2.30. The summed E-state index contributed by atoms with van der Waals surface area (Å²) in [6.07, 6.45) is -0.114. The van der Waals surface area contributed by atoms with E-state index in [-0.39, 0.29) is 18.9 Å². The fraction of sp³-hybridized carbons (Fsp3) is 0.467. The van der Waals surface area contributed by atoms with Crippen LogP contribution >= 0.6 is 0 Å². The number of carboxylic acid groups (broad SMARTS) is 1. The number of carboxylic acids is 1. The third-order valence-electron chi connectivity index (χ3n) is 2.77. The average molecular weight is 295 g/mol. The Morgan fingerprint density at radius 2 is 1.76 bits per heavy atom. The number of carbonyl (C=O) groups excluding carboxylic acids is 1. The van der Waals surface area contributed by atoms with Gasteiger partial charge in [-0.05, 0) is 26.0 Å². The summed E-state index contributed by atoms with van der Waals surface area (Å²) in [7, 11) is 0. The van der Waals surface area contributed by atoms with Gasteiger partial charge in [-0.15, -0.1) is 0 Å². The third kappa shape index (κ3) is 4.98. The van der Waals surface area contributed by atoms with Crippen molar-refractivity contribution in [3.63, 3.8) is 0 Å². The van der Waals surface area contributed by atoms with Gasteiger partial charge in [-0.3, -0.25) is 9.59 Å². The van der Waals surface area contributed by atoms with Crippen molar-refractivity contribution in [3.8, 4) is 11.5 Å². The topological polar surface area (TPSA) is 76.1 Å². The van der Waals surface area contributed by atoms with Gasteiger partial charge in [0.1, 0.15) is 0 Å². The maximum atomic E-state index is 11.7. The summed E-state index contributed by atoms with van der Waals surface area (Å²) in [4.78, 5) is 23.8. The Kier molecular flexibility index (Phi) is 6.52. The summed E-state index contributed by atoms with van der Waals surface area (Å²) in [6.45, 7) is 6.23. The second-order valence-corrected chi connectivity index (χ2v) is 4.31. The van der Waals surface area contributed by atoms with Crippen LogP contribution < -0.4 is 14.4 Å². The lowest BCUT2D eigenvalue weighted by atomic mass is 10.2. The quantitative estimate of drug-likeness (QED) is 0.796. The number of hydrogen-bond acceptors (Lipinski definition) is 4. The van der Waals surface area contributed by atoms with E-state index in [1.807, 2.05) is 13.8 Å². The highest BCUT2D eigenvalue weighted by molar-refractivity contribution is 5.92. The molecule has 6 heteroatoms. The molecule has 0 saturated heterocycles. The molecule has 0 heterocycles. The largest absolute Gasteiger partial charge is 0.490 e. The van der Waals surface area contributed by atoms with Gasteiger partial charge in [0.2, 0.25) is 5.91 Å². The van der Waals surface area contributed by atoms with E-state index in [4.69, 9.17) is 14.6 Å². The molecule has 21 heavy (non-hydrogen) atoms. The Balaban J connectivity index is 3.04. The molecule has 0 spiro atoms. The molecule has 116 valence electrons. The van der Waals surface area contributed by atoms with Crippen molar-refractivity contribution >= 4 is 17.6 Å². The van der Waals surface area contributed by atoms with Gasteiger partial charge < -0.3 is 19.5 Å². The molecule has 1 amide bonds. The normalized spacial score (nSPS) is 10.0. The summed E-state index contributed by atoms with van der Waals surface area (Å²) in [6, 6.07) is 5.13. The van der Waals surface area contributed by atoms with Crippen LogP contribution in [0, 0.1) is 0 Å². The maximum absolute atomic E-state index is 11.7. The minimum Gasteiger partial charge on any atom is -0.490 e. The molecule has 1 N–H and O–H groups in total. The van der Waals surface area contributed by atoms with E-state index in [1.165, 1.54) is 11.8 Å². The number of ether oxygens (including phenoxy) is 2. The zero-order valence-corrected chi connectivity index (χ0v) is 12.6. The van der Waals surface area contributed by atoms with E-state index in [2.05, 4.69) is 0 Å². The molecule has 0 saturated carbocycles. The molecule has 0 aliphatic heterocycles. The lowest BCUT2D eigenvalue weighted by Gasteiger charge is -2.22. The second-order valence-electron chi connectivity index (χ2n) is 4.31. The minimum absolute atomic E-state index is 0.114. The summed E-state index contributed by atoms with van der Waals surface area (Å²) in [5, 5.41) is 8.76. The van der Waals surface area contributed by atoms with Crippen molar-refractivity contribution < 1.29 is 24.2 Å². The van der Waals surface area contributed by atoms with Crippen LogP contribution in [0.25, 0.3) is 0 Å². The molecule has 0 aliphatic carbocycles. The first-order chi connectivity index (χ1) is 9.99. The average Bonchev–Trinajstić information content (AvgIpc) is 2.41. The van der Waals surface area contributed by atoms with Crippen LogP contribution in [-0.4, -0.2) is 36.7 Å². The van der Waals surface area contributed by atoms with Gasteiger partial charge >= 0.3 is 5.97 Å². The number of amides is 1. The first-order valence-corrected chi connectivity index (χ1v) is 6.89. The van der Waals surface area contributed by atoms with Gasteiger partial charge in [-0.25, -0.2) is 0 Å². The molecule has 0 aromatic heterocycles. The molecule has 1 aromatic carbocycles. The number of nitrogens with zero attached hydrogens (tertiary/aromatic N) is 1. The molecule has 0 bridgehead atoms. The van der Waals surface area contributed by atoms with Gasteiger partial charge in [-0.1, -0.05) is 0 Å². The molecule has 1 rings (SSSR count). The van der Waals surface area contributed by atoms with Gasteiger partial charge in [0, 0.05) is 25.2 Å². The van der Waals surface area contributed by atoms with E-state index in [9.17, 15) is 9.59 Å². The number of aliphatic carboxylic acids is 1. The van der Waals surface area contributed by atoms with Crippen molar-refractivity contribution in [3.05, 3.63) is 18.2 Å². The van der Waals surface area contributed by atoms with Crippen LogP contribution in [0.3, 0.4) is 0 Å². The second kappa shape index (κ2) is 8.14. The first-order valence-electron chi connectivity index (χ1n) is 6.89. The van der Waals surface area contributed by atoms with E-state index < -0.39 is 5.97 Å². The van der Waals surface area contributed by atoms with Gasteiger partial charge in [0.05, 0.1) is 19.6 Å². The molecule has 0 radical (unpaired) electrons. The number of anilines is 1. The number of benzene rings is 1. The van der Waals surface area contributed by atoms with Crippen LogP contribution in [0.2, 0.25) is 0 Å². The number of carbonyl (C=O) groups is 2. The summed E-state index contributed by atoms with van der Waals surface area (Å²) >= 11 is 0. The predicted molar refractivity (Wildman–Crippen MR) is 79.1 cm³/mol. The van der Waals surface area contributed by atoms with Crippen LogP contribution in [-0.2, 0) is 9.59 Å². The Morgan fingerprint density at radius 3 is 2.29 bits per heavy atom. The first kappa shape index (κ1) is 16.8. The molecule has 1 aromatic rings. The number of hydrogen-bond donors (Lipinski definition) is 1. The highest BCUT2D eigenvalue weighted by Crippen LogP contribution is 2.32. The predicted octanol–water partition coefficient (Wildman–Crippen LogP) is 2.31. The monoisotopic (exact) mass is 295 g/mol.